The average Bonchev–Trinajstić information content (AvgIpc) is 2.27. The van der Waals surface area contributed by atoms with Crippen molar-refractivity contribution in [3.05, 3.63) is 35.6 Å². The third-order valence-electron chi connectivity index (χ3n) is 4.52. The van der Waals surface area contributed by atoms with Crippen LogP contribution in [0.15, 0.2) is 24.3 Å². The predicted molar refractivity (Wildman–Crippen MR) is 78.5 cm³/mol. The SMILES string of the molecule is Cl.O=C(NCC1(c2ccc(F)cc2)CCC1)C1CNC1. The number of carbonyl (C=O) groups is 1. The molecular formula is C15H20ClFN2O. The summed E-state index contributed by atoms with van der Waals surface area (Å²) < 4.78 is 13.0. The zero-order chi connectivity index (χ0) is 13.3. The first kappa shape index (κ1) is 15.3. The number of rotatable bonds is 4. The Kier molecular flexibility index (Phi) is 4.66. The molecule has 0 spiro atoms. The summed E-state index contributed by atoms with van der Waals surface area (Å²) in [5, 5.41) is 6.17. The molecule has 0 atom stereocenters. The van der Waals surface area contributed by atoms with Gasteiger partial charge < -0.3 is 10.6 Å². The summed E-state index contributed by atoms with van der Waals surface area (Å²) in [6.07, 6.45) is 3.32. The van der Waals surface area contributed by atoms with Crippen LogP contribution in [0.25, 0.3) is 0 Å². The zero-order valence-corrected chi connectivity index (χ0v) is 12.1. The third-order valence-corrected chi connectivity index (χ3v) is 4.52. The lowest BCUT2D eigenvalue weighted by Crippen LogP contribution is -2.54. The van der Waals surface area contributed by atoms with Gasteiger partial charge in [-0.15, -0.1) is 12.4 Å². The summed E-state index contributed by atoms with van der Waals surface area (Å²) in [7, 11) is 0. The minimum Gasteiger partial charge on any atom is -0.355 e. The monoisotopic (exact) mass is 298 g/mol. The molecule has 1 amide bonds. The van der Waals surface area contributed by atoms with Crippen molar-refractivity contribution >= 4 is 18.3 Å². The van der Waals surface area contributed by atoms with Crippen molar-refractivity contribution in [2.75, 3.05) is 19.6 Å². The van der Waals surface area contributed by atoms with E-state index in [9.17, 15) is 9.18 Å². The third kappa shape index (κ3) is 2.81. The maximum atomic E-state index is 13.0. The van der Waals surface area contributed by atoms with Crippen molar-refractivity contribution < 1.29 is 9.18 Å². The molecule has 110 valence electrons. The van der Waals surface area contributed by atoms with Gasteiger partial charge in [-0.2, -0.15) is 0 Å². The molecule has 5 heteroatoms. The minimum atomic E-state index is -0.206. The van der Waals surface area contributed by atoms with Crippen LogP contribution < -0.4 is 10.6 Å². The molecule has 1 aliphatic heterocycles. The number of halogens is 2. The molecule has 0 bridgehead atoms. The number of carbonyl (C=O) groups excluding carboxylic acids is 1. The van der Waals surface area contributed by atoms with E-state index in [1.807, 2.05) is 12.1 Å². The standard InChI is InChI=1S/C15H19FN2O.ClH/c16-13-4-2-12(3-5-13)15(6-1-7-15)10-18-14(19)11-8-17-9-11;/h2-5,11,17H,1,6-10H2,(H,18,19);1H. The van der Waals surface area contributed by atoms with E-state index >= 15 is 0 Å². The van der Waals surface area contributed by atoms with E-state index in [4.69, 9.17) is 0 Å². The molecule has 0 aromatic heterocycles. The fraction of sp³-hybridized carbons (Fsp3) is 0.533. The van der Waals surface area contributed by atoms with Crippen LogP contribution in [-0.2, 0) is 10.2 Å². The molecule has 1 aromatic carbocycles. The summed E-state index contributed by atoms with van der Waals surface area (Å²) in [5.74, 6) is 0.0697. The van der Waals surface area contributed by atoms with E-state index < -0.39 is 0 Å². The smallest absolute Gasteiger partial charge is 0.225 e. The molecule has 1 aliphatic carbocycles. The van der Waals surface area contributed by atoms with Crippen molar-refractivity contribution in [3.63, 3.8) is 0 Å². The Bertz CT molecular complexity index is 469. The van der Waals surface area contributed by atoms with Crippen molar-refractivity contribution in [1.29, 1.82) is 0 Å². The molecule has 3 nitrogen and oxygen atoms in total. The van der Waals surface area contributed by atoms with E-state index in [0.29, 0.717) is 6.54 Å². The topological polar surface area (TPSA) is 41.1 Å². The Hall–Kier alpha value is -1.13. The predicted octanol–water partition coefficient (Wildman–Crippen LogP) is 2.00. The maximum Gasteiger partial charge on any atom is 0.225 e. The van der Waals surface area contributed by atoms with Crippen molar-refractivity contribution in [2.45, 2.75) is 24.7 Å². The Labute approximate surface area is 124 Å². The maximum absolute atomic E-state index is 13.0. The summed E-state index contributed by atoms with van der Waals surface area (Å²) >= 11 is 0. The first-order valence-electron chi connectivity index (χ1n) is 6.94. The van der Waals surface area contributed by atoms with Gasteiger partial charge in [-0.05, 0) is 30.5 Å². The molecule has 2 aliphatic rings. The first-order valence-corrected chi connectivity index (χ1v) is 6.94. The van der Waals surface area contributed by atoms with Gasteiger partial charge in [0.05, 0.1) is 5.92 Å². The van der Waals surface area contributed by atoms with Crippen LogP contribution in [0, 0.1) is 11.7 Å². The van der Waals surface area contributed by atoms with Crippen LogP contribution in [-0.4, -0.2) is 25.5 Å². The molecule has 20 heavy (non-hydrogen) atoms. The molecule has 1 saturated carbocycles. The highest BCUT2D eigenvalue weighted by Crippen LogP contribution is 2.43. The first-order chi connectivity index (χ1) is 9.20. The van der Waals surface area contributed by atoms with Gasteiger partial charge in [0, 0.05) is 25.0 Å². The molecule has 1 saturated heterocycles. The lowest BCUT2D eigenvalue weighted by molar-refractivity contribution is -0.126. The molecule has 2 fully saturated rings. The van der Waals surface area contributed by atoms with E-state index in [1.165, 1.54) is 18.6 Å². The lowest BCUT2D eigenvalue weighted by atomic mass is 9.64. The number of hydrogen-bond acceptors (Lipinski definition) is 2. The molecule has 2 N–H and O–H groups in total. The second-order valence-electron chi connectivity index (χ2n) is 5.71. The van der Waals surface area contributed by atoms with Crippen LogP contribution in [0.2, 0.25) is 0 Å². The van der Waals surface area contributed by atoms with E-state index in [0.717, 1.165) is 31.5 Å². The van der Waals surface area contributed by atoms with Crippen LogP contribution >= 0.6 is 12.4 Å². The van der Waals surface area contributed by atoms with E-state index in [1.54, 1.807) is 0 Å². The fourth-order valence-corrected chi connectivity index (χ4v) is 2.85. The number of benzene rings is 1. The molecule has 3 rings (SSSR count). The molecule has 0 unspecified atom stereocenters. The molecule has 0 radical (unpaired) electrons. The fourth-order valence-electron chi connectivity index (χ4n) is 2.85. The number of nitrogens with one attached hydrogen (secondary N) is 2. The summed E-state index contributed by atoms with van der Waals surface area (Å²) in [6, 6.07) is 6.72. The van der Waals surface area contributed by atoms with E-state index in [-0.39, 0.29) is 35.5 Å². The normalized spacial score (nSPS) is 20.2. The second-order valence-corrected chi connectivity index (χ2v) is 5.71. The average molecular weight is 299 g/mol. The number of amides is 1. The van der Waals surface area contributed by atoms with Gasteiger partial charge in [-0.25, -0.2) is 4.39 Å². The van der Waals surface area contributed by atoms with E-state index in [2.05, 4.69) is 10.6 Å². The Morgan fingerprint density at radius 3 is 2.40 bits per heavy atom. The summed E-state index contributed by atoms with van der Waals surface area (Å²) in [6.45, 7) is 2.25. The molecule has 1 aromatic rings. The van der Waals surface area contributed by atoms with Crippen molar-refractivity contribution in [3.8, 4) is 0 Å². The van der Waals surface area contributed by atoms with Crippen LogP contribution in [0.5, 0.6) is 0 Å². The van der Waals surface area contributed by atoms with Gasteiger partial charge in [0.15, 0.2) is 0 Å². The summed E-state index contributed by atoms with van der Waals surface area (Å²) in [5.41, 5.74) is 1.17. The van der Waals surface area contributed by atoms with Gasteiger partial charge in [-0.1, -0.05) is 18.6 Å². The van der Waals surface area contributed by atoms with Gasteiger partial charge in [0.1, 0.15) is 5.82 Å². The minimum absolute atomic E-state index is 0. The molecule has 1 heterocycles. The van der Waals surface area contributed by atoms with Crippen molar-refractivity contribution in [1.82, 2.24) is 10.6 Å². The van der Waals surface area contributed by atoms with Crippen molar-refractivity contribution in [2.24, 2.45) is 5.92 Å². The van der Waals surface area contributed by atoms with Crippen LogP contribution in [0.1, 0.15) is 24.8 Å². The Morgan fingerprint density at radius 1 is 1.30 bits per heavy atom. The number of hydrogen-bond donors (Lipinski definition) is 2. The highest BCUT2D eigenvalue weighted by molar-refractivity contribution is 5.85. The summed E-state index contributed by atoms with van der Waals surface area (Å²) in [4.78, 5) is 11.9. The quantitative estimate of drug-likeness (QED) is 0.893. The highest BCUT2D eigenvalue weighted by atomic mass is 35.5. The zero-order valence-electron chi connectivity index (χ0n) is 11.3. The van der Waals surface area contributed by atoms with Gasteiger partial charge in [-0.3, -0.25) is 4.79 Å². The Morgan fingerprint density at radius 2 is 1.95 bits per heavy atom. The van der Waals surface area contributed by atoms with Gasteiger partial charge in [0.2, 0.25) is 5.91 Å². The lowest BCUT2D eigenvalue weighted by Gasteiger charge is -2.43. The van der Waals surface area contributed by atoms with Crippen LogP contribution in [0.3, 0.4) is 0 Å². The van der Waals surface area contributed by atoms with Gasteiger partial charge >= 0.3 is 0 Å². The largest absolute Gasteiger partial charge is 0.355 e. The van der Waals surface area contributed by atoms with Crippen LogP contribution in [0.4, 0.5) is 4.39 Å². The molecular weight excluding hydrogens is 279 g/mol. The Balaban J connectivity index is 0.00000147. The highest BCUT2D eigenvalue weighted by Gasteiger charge is 2.39. The van der Waals surface area contributed by atoms with Gasteiger partial charge in [0.25, 0.3) is 0 Å². The second kappa shape index (κ2) is 6.10.